The van der Waals surface area contributed by atoms with Crippen molar-refractivity contribution in [1.82, 2.24) is 4.90 Å². The van der Waals surface area contributed by atoms with Crippen LogP contribution in [0.3, 0.4) is 0 Å². The highest BCUT2D eigenvalue weighted by atomic mass is 15.2. The molecule has 1 unspecified atom stereocenters. The Morgan fingerprint density at radius 3 is 2.23 bits per heavy atom. The number of hydrogen-bond acceptors (Lipinski definition) is 2. The molecule has 1 aliphatic heterocycles. The van der Waals surface area contributed by atoms with Gasteiger partial charge in [0, 0.05) is 19.1 Å². The number of nitrogens with two attached hydrogens (primary N) is 1. The average molecular weight is 294 g/mol. The van der Waals surface area contributed by atoms with Crippen LogP contribution >= 0.6 is 0 Å². The Labute approximate surface area is 134 Å². The van der Waals surface area contributed by atoms with E-state index in [0.717, 1.165) is 25.9 Å². The van der Waals surface area contributed by atoms with E-state index in [9.17, 15) is 0 Å². The summed E-state index contributed by atoms with van der Waals surface area (Å²) in [4.78, 5) is 2.59. The Balaban J connectivity index is 1.98. The Bertz CT molecular complexity index is 610. The van der Waals surface area contributed by atoms with Gasteiger partial charge in [-0.05, 0) is 43.4 Å². The highest BCUT2D eigenvalue weighted by Gasteiger charge is 2.26. The van der Waals surface area contributed by atoms with E-state index in [1.165, 1.54) is 22.3 Å². The molecule has 2 aromatic carbocycles. The van der Waals surface area contributed by atoms with E-state index in [1.807, 2.05) is 0 Å². The van der Waals surface area contributed by atoms with Crippen molar-refractivity contribution in [3.05, 3.63) is 70.8 Å². The van der Waals surface area contributed by atoms with Crippen LogP contribution in [0.1, 0.15) is 41.1 Å². The van der Waals surface area contributed by atoms with E-state index in [0.29, 0.717) is 12.1 Å². The molecule has 3 rings (SSSR count). The number of benzene rings is 2. The lowest BCUT2D eigenvalue weighted by Crippen LogP contribution is -2.42. The normalized spacial score (nSPS) is 18.3. The van der Waals surface area contributed by atoms with Gasteiger partial charge in [0.05, 0.1) is 6.04 Å². The van der Waals surface area contributed by atoms with Crippen LogP contribution in [0.5, 0.6) is 0 Å². The molecule has 0 amide bonds. The zero-order chi connectivity index (χ0) is 15.5. The molecule has 0 bridgehead atoms. The Morgan fingerprint density at radius 2 is 1.59 bits per heavy atom. The molecule has 0 radical (unpaired) electrons. The predicted octanol–water partition coefficient (Wildman–Crippen LogP) is 3.82. The highest BCUT2D eigenvalue weighted by molar-refractivity contribution is 5.38. The summed E-state index contributed by atoms with van der Waals surface area (Å²) in [5.41, 5.74) is 11.6. The molecule has 1 aliphatic rings. The lowest BCUT2D eigenvalue weighted by Gasteiger charge is -2.37. The van der Waals surface area contributed by atoms with Crippen LogP contribution in [-0.4, -0.2) is 24.0 Å². The largest absolute Gasteiger partial charge is 0.328 e. The summed E-state index contributed by atoms with van der Waals surface area (Å²) in [6.07, 6.45) is 2.18. The first-order valence-electron chi connectivity index (χ1n) is 8.27. The molecule has 22 heavy (non-hydrogen) atoms. The molecular formula is C20H26N2. The van der Waals surface area contributed by atoms with Gasteiger partial charge in [-0.25, -0.2) is 0 Å². The molecule has 2 heteroatoms. The van der Waals surface area contributed by atoms with Crippen molar-refractivity contribution in [2.75, 3.05) is 13.1 Å². The first-order valence-corrected chi connectivity index (χ1v) is 8.27. The molecular weight excluding hydrogens is 268 g/mol. The number of likely N-dealkylation sites (tertiary alicyclic amines) is 1. The summed E-state index contributed by atoms with van der Waals surface area (Å²) in [5, 5.41) is 0. The molecule has 1 fully saturated rings. The maximum absolute atomic E-state index is 6.10. The minimum Gasteiger partial charge on any atom is -0.328 e. The first kappa shape index (κ1) is 15.3. The van der Waals surface area contributed by atoms with Crippen LogP contribution in [0.15, 0.2) is 48.5 Å². The second-order valence-corrected chi connectivity index (χ2v) is 6.54. The third-order valence-corrected chi connectivity index (χ3v) is 4.82. The van der Waals surface area contributed by atoms with E-state index < -0.39 is 0 Å². The lowest BCUT2D eigenvalue weighted by molar-refractivity contribution is 0.174. The van der Waals surface area contributed by atoms with Gasteiger partial charge in [0.1, 0.15) is 0 Å². The first-order chi connectivity index (χ1) is 10.6. The molecule has 1 heterocycles. The van der Waals surface area contributed by atoms with E-state index in [-0.39, 0.29) is 0 Å². The smallest absolute Gasteiger partial charge is 0.0604 e. The van der Waals surface area contributed by atoms with Crippen molar-refractivity contribution in [2.45, 2.75) is 38.8 Å². The van der Waals surface area contributed by atoms with Crippen LogP contribution in [0, 0.1) is 13.8 Å². The Hall–Kier alpha value is -1.64. The highest BCUT2D eigenvalue weighted by Crippen LogP contribution is 2.32. The fourth-order valence-corrected chi connectivity index (χ4v) is 3.41. The number of rotatable bonds is 3. The summed E-state index contributed by atoms with van der Waals surface area (Å²) in [6, 6.07) is 18.5. The standard InChI is InChI=1S/C20H26N2/c1-15-7-9-17(10-8-15)20(19-6-4-3-5-16(19)2)22-13-11-18(21)12-14-22/h3-10,18,20H,11-14,21H2,1-2H3. The summed E-state index contributed by atoms with van der Waals surface area (Å²) < 4.78 is 0. The molecule has 2 N–H and O–H groups in total. The zero-order valence-corrected chi connectivity index (χ0v) is 13.6. The third kappa shape index (κ3) is 3.23. The van der Waals surface area contributed by atoms with E-state index in [2.05, 4.69) is 67.3 Å². The summed E-state index contributed by atoms with van der Waals surface area (Å²) >= 11 is 0. The Kier molecular flexibility index (Phi) is 4.60. The minimum atomic E-state index is 0.342. The van der Waals surface area contributed by atoms with Crippen molar-refractivity contribution in [1.29, 1.82) is 0 Å². The van der Waals surface area contributed by atoms with Crippen LogP contribution < -0.4 is 5.73 Å². The van der Waals surface area contributed by atoms with Crippen molar-refractivity contribution < 1.29 is 0 Å². The van der Waals surface area contributed by atoms with Gasteiger partial charge in [-0.3, -0.25) is 4.90 Å². The third-order valence-electron chi connectivity index (χ3n) is 4.82. The fourth-order valence-electron chi connectivity index (χ4n) is 3.41. The molecule has 2 aromatic rings. The Morgan fingerprint density at radius 1 is 0.955 bits per heavy atom. The topological polar surface area (TPSA) is 29.3 Å². The molecule has 116 valence electrons. The van der Waals surface area contributed by atoms with Gasteiger partial charge < -0.3 is 5.73 Å². The van der Waals surface area contributed by atoms with Crippen LogP contribution in [0.4, 0.5) is 0 Å². The maximum Gasteiger partial charge on any atom is 0.0604 e. The molecule has 0 aliphatic carbocycles. The number of hydrogen-bond donors (Lipinski definition) is 1. The molecule has 0 saturated carbocycles. The van der Waals surface area contributed by atoms with E-state index in [4.69, 9.17) is 5.73 Å². The molecule has 1 atom stereocenters. The van der Waals surface area contributed by atoms with Crippen molar-refractivity contribution in [3.8, 4) is 0 Å². The van der Waals surface area contributed by atoms with Gasteiger partial charge in [0.2, 0.25) is 0 Å². The fraction of sp³-hybridized carbons (Fsp3) is 0.400. The van der Waals surface area contributed by atoms with Crippen molar-refractivity contribution in [2.24, 2.45) is 5.73 Å². The van der Waals surface area contributed by atoms with Crippen molar-refractivity contribution >= 4 is 0 Å². The molecule has 0 spiro atoms. The quantitative estimate of drug-likeness (QED) is 0.932. The maximum atomic E-state index is 6.10. The molecule has 2 nitrogen and oxygen atoms in total. The molecule has 0 aromatic heterocycles. The second kappa shape index (κ2) is 6.64. The van der Waals surface area contributed by atoms with Gasteiger partial charge in [0.15, 0.2) is 0 Å². The van der Waals surface area contributed by atoms with E-state index >= 15 is 0 Å². The SMILES string of the molecule is Cc1ccc(C(c2ccccc2C)N2CCC(N)CC2)cc1. The van der Waals surface area contributed by atoms with Gasteiger partial charge >= 0.3 is 0 Å². The van der Waals surface area contributed by atoms with Gasteiger partial charge in [-0.15, -0.1) is 0 Å². The van der Waals surface area contributed by atoms with Gasteiger partial charge in [-0.2, -0.15) is 0 Å². The lowest BCUT2D eigenvalue weighted by atomic mass is 9.91. The van der Waals surface area contributed by atoms with Gasteiger partial charge in [0.25, 0.3) is 0 Å². The predicted molar refractivity (Wildman–Crippen MR) is 93.0 cm³/mol. The monoisotopic (exact) mass is 294 g/mol. The zero-order valence-electron chi connectivity index (χ0n) is 13.6. The number of aryl methyl sites for hydroxylation is 2. The summed E-state index contributed by atoms with van der Waals surface area (Å²) in [6.45, 7) is 6.51. The van der Waals surface area contributed by atoms with E-state index in [1.54, 1.807) is 0 Å². The van der Waals surface area contributed by atoms with Crippen molar-refractivity contribution in [3.63, 3.8) is 0 Å². The second-order valence-electron chi connectivity index (χ2n) is 6.54. The number of nitrogens with zero attached hydrogens (tertiary/aromatic N) is 1. The average Bonchev–Trinajstić information content (AvgIpc) is 2.53. The van der Waals surface area contributed by atoms with Crippen LogP contribution in [0.2, 0.25) is 0 Å². The number of piperidine rings is 1. The minimum absolute atomic E-state index is 0.342. The summed E-state index contributed by atoms with van der Waals surface area (Å²) in [5.74, 6) is 0. The molecule has 1 saturated heterocycles. The van der Waals surface area contributed by atoms with Crippen LogP contribution in [0.25, 0.3) is 0 Å². The summed E-state index contributed by atoms with van der Waals surface area (Å²) in [7, 11) is 0. The van der Waals surface area contributed by atoms with Crippen LogP contribution in [-0.2, 0) is 0 Å². The van der Waals surface area contributed by atoms with Gasteiger partial charge in [-0.1, -0.05) is 54.1 Å².